The summed E-state index contributed by atoms with van der Waals surface area (Å²) >= 11 is 12.2. The second-order valence-corrected chi connectivity index (χ2v) is 9.58. The third kappa shape index (κ3) is 7.79. The first-order chi connectivity index (χ1) is 17.9. The summed E-state index contributed by atoms with van der Waals surface area (Å²) in [5.41, 5.74) is 1.11. The Morgan fingerprint density at radius 1 is 0.946 bits per heavy atom. The predicted molar refractivity (Wildman–Crippen MR) is 139 cm³/mol. The molecular weight excluding hydrogens is 520 g/mol. The Bertz CT molecular complexity index is 1180. The van der Waals surface area contributed by atoms with Crippen molar-refractivity contribution in [3.8, 4) is 0 Å². The van der Waals surface area contributed by atoms with Gasteiger partial charge < -0.3 is 19.0 Å². The van der Waals surface area contributed by atoms with Crippen LogP contribution in [0.5, 0.6) is 0 Å². The van der Waals surface area contributed by atoms with Gasteiger partial charge in [0.15, 0.2) is 0 Å². The smallest absolute Gasteiger partial charge is 0.254 e. The summed E-state index contributed by atoms with van der Waals surface area (Å²) in [7, 11) is 0. The summed E-state index contributed by atoms with van der Waals surface area (Å²) in [5, 5.41) is 0.612. The van der Waals surface area contributed by atoms with Crippen molar-refractivity contribution in [3.05, 3.63) is 93.6 Å². The zero-order valence-corrected chi connectivity index (χ0v) is 21.8. The quantitative estimate of drug-likeness (QED) is 0.367. The van der Waals surface area contributed by atoms with E-state index < -0.39 is 0 Å². The second kappa shape index (κ2) is 13.1. The maximum atomic E-state index is 13.6. The second-order valence-electron chi connectivity index (χ2n) is 8.77. The van der Waals surface area contributed by atoms with E-state index in [1.54, 1.807) is 47.6 Å². The maximum absolute atomic E-state index is 13.6. The van der Waals surface area contributed by atoms with Crippen molar-refractivity contribution in [2.45, 2.75) is 13.1 Å². The zero-order chi connectivity index (χ0) is 26.2. The number of morpholine rings is 1. The minimum atomic E-state index is -0.353. The molecule has 0 saturated carbocycles. The number of hydrogen-bond acceptors (Lipinski definition) is 5. The van der Waals surface area contributed by atoms with E-state index >= 15 is 0 Å². The minimum Gasteiger partial charge on any atom is -0.467 e. The number of carbonyl (C=O) groups excluding carboxylic acids is 2. The summed E-state index contributed by atoms with van der Waals surface area (Å²) in [4.78, 5) is 32.4. The van der Waals surface area contributed by atoms with Gasteiger partial charge >= 0.3 is 0 Å². The van der Waals surface area contributed by atoms with E-state index in [0.29, 0.717) is 42.6 Å². The van der Waals surface area contributed by atoms with Crippen LogP contribution in [0.25, 0.3) is 0 Å². The topological polar surface area (TPSA) is 66.2 Å². The van der Waals surface area contributed by atoms with E-state index in [9.17, 15) is 14.0 Å². The number of carbonyl (C=O) groups is 2. The lowest BCUT2D eigenvalue weighted by molar-refractivity contribution is -0.133. The lowest BCUT2D eigenvalue weighted by Gasteiger charge is -2.31. The molecule has 37 heavy (non-hydrogen) atoms. The number of amides is 2. The number of hydrogen-bond donors (Lipinski definition) is 0. The van der Waals surface area contributed by atoms with Crippen molar-refractivity contribution < 1.29 is 23.1 Å². The molecule has 7 nitrogen and oxygen atoms in total. The van der Waals surface area contributed by atoms with Crippen molar-refractivity contribution in [3.63, 3.8) is 0 Å². The third-order valence-corrected chi connectivity index (χ3v) is 6.87. The summed E-state index contributed by atoms with van der Waals surface area (Å²) in [6, 6.07) is 14.2. The fraction of sp³-hybridized carbons (Fsp3) is 0.333. The average Bonchev–Trinajstić information content (AvgIpc) is 3.42. The van der Waals surface area contributed by atoms with Gasteiger partial charge in [0, 0.05) is 38.3 Å². The molecule has 1 aliphatic heterocycles. The summed E-state index contributed by atoms with van der Waals surface area (Å²) < 4.78 is 24.3. The maximum Gasteiger partial charge on any atom is 0.254 e. The highest BCUT2D eigenvalue weighted by Gasteiger charge is 2.25. The van der Waals surface area contributed by atoms with Gasteiger partial charge in [-0.05, 0) is 48.0 Å². The molecule has 2 amide bonds. The molecule has 0 aliphatic carbocycles. The minimum absolute atomic E-state index is 0.147. The van der Waals surface area contributed by atoms with Crippen LogP contribution in [0.3, 0.4) is 0 Å². The number of halogens is 3. The van der Waals surface area contributed by atoms with E-state index in [1.807, 2.05) is 0 Å². The molecule has 0 unspecified atom stereocenters. The monoisotopic (exact) mass is 547 g/mol. The highest BCUT2D eigenvalue weighted by Crippen LogP contribution is 2.23. The van der Waals surface area contributed by atoms with Crippen LogP contribution in [-0.2, 0) is 22.6 Å². The van der Waals surface area contributed by atoms with E-state index in [4.69, 9.17) is 32.4 Å². The fourth-order valence-electron chi connectivity index (χ4n) is 4.05. The van der Waals surface area contributed by atoms with Gasteiger partial charge in [-0.15, -0.1) is 0 Å². The molecule has 1 aromatic heterocycles. The lowest BCUT2D eigenvalue weighted by Crippen LogP contribution is -2.47. The molecule has 4 rings (SSSR count). The van der Waals surface area contributed by atoms with Crippen molar-refractivity contribution in [2.75, 3.05) is 45.9 Å². The lowest BCUT2D eigenvalue weighted by atomic mass is 10.1. The Balaban J connectivity index is 1.53. The van der Waals surface area contributed by atoms with Crippen molar-refractivity contribution in [1.29, 1.82) is 0 Å². The first-order valence-electron chi connectivity index (χ1n) is 12.0. The van der Waals surface area contributed by atoms with Crippen LogP contribution < -0.4 is 0 Å². The summed E-state index contributed by atoms with van der Waals surface area (Å²) in [5.74, 6) is -0.337. The van der Waals surface area contributed by atoms with Gasteiger partial charge in [-0.2, -0.15) is 0 Å². The van der Waals surface area contributed by atoms with Crippen LogP contribution in [0.2, 0.25) is 10.0 Å². The van der Waals surface area contributed by atoms with Crippen molar-refractivity contribution in [2.24, 2.45) is 0 Å². The number of furan rings is 1. The highest BCUT2D eigenvalue weighted by atomic mass is 35.5. The van der Waals surface area contributed by atoms with Crippen molar-refractivity contribution >= 4 is 35.0 Å². The van der Waals surface area contributed by atoms with Crippen LogP contribution in [0.4, 0.5) is 4.39 Å². The molecule has 3 aromatic rings. The van der Waals surface area contributed by atoms with Crippen LogP contribution in [0, 0.1) is 5.82 Å². The number of ether oxygens (including phenoxy) is 1. The van der Waals surface area contributed by atoms with E-state index in [2.05, 4.69) is 4.90 Å². The van der Waals surface area contributed by atoms with Gasteiger partial charge in [-0.1, -0.05) is 35.3 Å². The normalized spacial score (nSPS) is 13.9. The van der Waals surface area contributed by atoms with Crippen LogP contribution >= 0.6 is 23.2 Å². The van der Waals surface area contributed by atoms with Crippen LogP contribution in [0.15, 0.2) is 65.3 Å². The molecule has 1 saturated heterocycles. The number of rotatable bonds is 10. The van der Waals surface area contributed by atoms with Crippen LogP contribution in [-0.4, -0.2) is 72.5 Å². The highest BCUT2D eigenvalue weighted by molar-refractivity contribution is 6.42. The standard InChI is InChI=1S/C27H28Cl2FN3O4/c28-24-8-5-21(16-25(24)29)27(35)32(10-9-31-11-14-36-15-12-31)19-26(34)33(18-23-2-1-13-37-23)17-20-3-6-22(30)7-4-20/h1-8,13,16H,9-12,14-15,17-19H2. The van der Waals surface area contributed by atoms with E-state index in [0.717, 1.165) is 18.7 Å². The Morgan fingerprint density at radius 2 is 1.70 bits per heavy atom. The third-order valence-electron chi connectivity index (χ3n) is 6.14. The molecule has 0 radical (unpaired) electrons. The van der Waals surface area contributed by atoms with Gasteiger partial charge in [0.2, 0.25) is 5.91 Å². The predicted octanol–water partition coefficient (Wildman–Crippen LogP) is 4.73. The van der Waals surface area contributed by atoms with Gasteiger partial charge in [0.05, 0.1) is 36.1 Å². The molecule has 2 aromatic carbocycles. The first kappa shape index (κ1) is 27.1. The number of benzene rings is 2. The summed E-state index contributed by atoms with van der Waals surface area (Å²) in [6.45, 7) is 4.03. The Kier molecular flexibility index (Phi) is 9.57. The molecule has 1 fully saturated rings. The average molecular weight is 548 g/mol. The Morgan fingerprint density at radius 3 is 2.38 bits per heavy atom. The largest absolute Gasteiger partial charge is 0.467 e. The van der Waals surface area contributed by atoms with E-state index in [1.165, 1.54) is 23.1 Å². The Labute approximate surface area is 225 Å². The van der Waals surface area contributed by atoms with E-state index in [-0.39, 0.29) is 42.3 Å². The van der Waals surface area contributed by atoms with Crippen molar-refractivity contribution in [1.82, 2.24) is 14.7 Å². The zero-order valence-electron chi connectivity index (χ0n) is 20.2. The molecule has 1 aliphatic rings. The Hall–Kier alpha value is -2.91. The van der Waals surface area contributed by atoms with Gasteiger partial charge in [-0.25, -0.2) is 4.39 Å². The molecule has 196 valence electrons. The van der Waals surface area contributed by atoms with Gasteiger partial charge in [0.25, 0.3) is 5.91 Å². The molecule has 0 spiro atoms. The fourth-order valence-corrected chi connectivity index (χ4v) is 4.35. The molecule has 10 heteroatoms. The molecule has 0 atom stereocenters. The van der Waals surface area contributed by atoms with Gasteiger partial charge in [0.1, 0.15) is 18.1 Å². The first-order valence-corrected chi connectivity index (χ1v) is 12.7. The number of nitrogens with zero attached hydrogens (tertiary/aromatic N) is 3. The molecule has 0 N–H and O–H groups in total. The SMILES string of the molecule is O=C(CN(CCN1CCOCC1)C(=O)c1ccc(Cl)c(Cl)c1)N(Cc1ccc(F)cc1)Cc1ccco1. The van der Waals surface area contributed by atoms with Crippen LogP contribution in [0.1, 0.15) is 21.7 Å². The summed E-state index contributed by atoms with van der Waals surface area (Å²) in [6.07, 6.45) is 1.54. The molecule has 0 bridgehead atoms. The molecular formula is C27H28Cl2FN3O4. The van der Waals surface area contributed by atoms with Gasteiger partial charge in [-0.3, -0.25) is 14.5 Å². The molecule has 2 heterocycles.